The van der Waals surface area contributed by atoms with E-state index in [1.54, 1.807) is 13.8 Å². The maximum atomic E-state index is 12.9. The zero-order valence-corrected chi connectivity index (χ0v) is 21.2. The fourth-order valence-corrected chi connectivity index (χ4v) is 4.83. The average Bonchev–Trinajstić information content (AvgIpc) is 3.20. The molecule has 4 rings (SSSR count). The van der Waals surface area contributed by atoms with Crippen LogP contribution in [0.15, 0.2) is 0 Å². The topological polar surface area (TPSA) is 105 Å². The van der Waals surface area contributed by atoms with E-state index in [1.807, 2.05) is 0 Å². The third kappa shape index (κ3) is 5.55. The molecule has 4 fully saturated rings. The van der Waals surface area contributed by atoms with E-state index in [-0.39, 0.29) is 23.8 Å². The second-order valence-corrected chi connectivity index (χ2v) is 11.2. The Morgan fingerprint density at radius 3 is 2.11 bits per heavy atom. The lowest BCUT2D eigenvalue weighted by molar-refractivity contribution is -0.230. The first-order chi connectivity index (χ1) is 16.7. The summed E-state index contributed by atoms with van der Waals surface area (Å²) in [7, 11) is 0. The number of hydrogen-bond acceptors (Lipinski definition) is 8. The molecule has 210 valence electrons. The lowest BCUT2D eigenvalue weighted by Crippen LogP contribution is -2.55. The van der Waals surface area contributed by atoms with Gasteiger partial charge in [0, 0.05) is 19.8 Å². The van der Waals surface area contributed by atoms with Gasteiger partial charge >= 0.3 is 36.0 Å². The van der Waals surface area contributed by atoms with Gasteiger partial charge in [-0.3, -0.25) is 14.4 Å². The second-order valence-electron chi connectivity index (χ2n) is 11.2. The lowest BCUT2D eigenvalue weighted by Gasteiger charge is -2.44. The summed E-state index contributed by atoms with van der Waals surface area (Å²) in [5.74, 6) is -7.53. The molecule has 0 amide bonds. The minimum absolute atomic E-state index is 0.199. The van der Waals surface area contributed by atoms with E-state index in [1.165, 1.54) is 0 Å². The van der Waals surface area contributed by atoms with Gasteiger partial charge in [0.1, 0.15) is 23.4 Å². The highest BCUT2D eigenvalue weighted by atomic mass is 19.4. The van der Waals surface area contributed by atoms with Crippen molar-refractivity contribution < 1.29 is 60.1 Å². The van der Waals surface area contributed by atoms with Gasteiger partial charge in [0.2, 0.25) is 0 Å². The average molecular weight is 542 g/mol. The number of hydrogen-bond donors (Lipinski definition) is 0. The van der Waals surface area contributed by atoms with Crippen LogP contribution in [-0.4, -0.2) is 59.4 Å². The summed E-state index contributed by atoms with van der Waals surface area (Å²) >= 11 is 0. The molecule has 0 spiro atoms. The third-order valence-electron chi connectivity index (χ3n) is 7.87. The summed E-state index contributed by atoms with van der Waals surface area (Å²) in [5.41, 5.74) is -4.76. The number of alkyl halides is 5. The van der Waals surface area contributed by atoms with Gasteiger partial charge in [0.15, 0.2) is 5.41 Å². The van der Waals surface area contributed by atoms with Crippen LogP contribution in [0.3, 0.4) is 0 Å². The predicted molar refractivity (Wildman–Crippen MR) is 114 cm³/mol. The number of ether oxygens (including phenoxy) is 4. The quantitative estimate of drug-likeness (QED) is 0.295. The molecule has 2 saturated carbocycles. The molecule has 0 radical (unpaired) electrons. The number of rotatable bonds is 4. The molecule has 4 aliphatic rings. The Labute approximate surface area is 210 Å². The molecule has 0 aromatic rings. The molecule has 0 aromatic carbocycles. The van der Waals surface area contributed by atoms with Gasteiger partial charge in [-0.25, -0.2) is 4.79 Å². The molecule has 8 nitrogen and oxygen atoms in total. The van der Waals surface area contributed by atoms with Crippen LogP contribution in [0, 0.1) is 17.3 Å². The molecule has 4 bridgehead atoms. The van der Waals surface area contributed by atoms with Crippen LogP contribution in [0.5, 0.6) is 0 Å². The highest BCUT2D eigenvalue weighted by Crippen LogP contribution is 2.50. The first kappa shape index (κ1) is 29.1. The zero-order chi connectivity index (χ0) is 28.2. The van der Waals surface area contributed by atoms with Crippen molar-refractivity contribution in [3.63, 3.8) is 0 Å². The minimum atomic E-state index is -4.67. The van der Waals surface area contributed by atoms with Crippen LogP contribution >= 0.6 is 0 Å². The molecule has 2 aliphatic carbocycles. The van der Waals surface area contributed by atoms with E-state index in [9.17, 15) is 41.1 Å². The molecule has 13 heteroatoms. The first-order valence-corrected chi connectivity index (χ1v) is 12.0. The van der Waals surface area contributed by atoms with Gasteiger partial charge < -0.3 is 18.9 Å². The van der Waals surface area contributed by atoms with Crippen molar-refractivity contribution in [1.29, 1.82) is 0 Å². The summed E-state index contributed by atoms with van der Waals surface area (Å²) in [6.45, 7) is 5.23. The molecular weight excluding hydrogens is 511 g/mol. The summed E-state index contributed by atoms with van der Waals surface area (Å²) in [5, 5.41) is 0. The summed E-state index contributed by atoms with van der Waals surface area (Å²) < 4.78 is 84.0. The first-order valence-electron chi connectivity index (χ1n) is 12.0. The number of esters is 4. The monoisotopic (exact) mass is 542 g/mol. The lowest BCUT2D eigenvalue weighted by atomic mass is 9.71. The zero-order valence-electron chi connectivity index (χ0n) is 21.2. The number of carbonyl (C=O) groups excluding carboxylic acids is 4. The number of fused-ring (bicyclic) bond motifs is 4. The minimum Gasteiger partial charge on any atom is -0.458 e. The molecule has 6 atom stereocenters. The van der Waals surface area contributed by atoms with Crippen LogP contribution in [0.4, 0.5) is 22.0 Å². The van der Waals surface area contributed by atoms with E-state index in [2.05, 4.69) is 0 Å². The van der Waals surface area contributed by atoms with Gasteiger partial charge in [-0.05, 0) is 53.4 Å². The van der Waals surface area contributed by atoms with Crippen LogP contribution in [0.1, 0.15) is 73.1 Å². The van der Waals surface area contributed by atoms with Gasteiger partial charge in [-0.2, -0.15) is 22.0 Å². The van der Waals surface area contributed by atoms with Gasteiger partial charge in [0.05, 0.1) is 11.8 Å². The van der Waals surface area contributed by atoms with E-state index in [0.717, 1.165) is 13.8 Å². The van der Waals surface area contributed by atoms with Crippen LogP contribution in [-0.2, 0) is 38.1 Å². The van der Waals surface area contributed by atoms with Crippen molar-refractivity contribution in [2.45, 2.75) is 109 Å². The van der Waals surface area contributed by atoms with E-state index in [4.69, 9.17) is 18.9 Å². The van der Waals surface area contributed by atoms with Crippen LogP contribution in [0.25, 0.3) is 0 Å². The molecule has 2 aliphatic heterocycles. The van der Waals surface area contributed by atoms with Crippen molar-refractivity contribution >= 4 is 23.9 Å². The molecule has 6 unspecified atom stereocenters. The normalized spacial score (nSPS) is 35.1. The van der Waals surface area contributed by atoms with Gasteiger partial charge in [-0.15, -0.1) is 0 Å². The fourth-order valence-electron chi connectivity index (χ4n) is 4.83. The van der Waals surface area contributed by atoms with Crippen molar-refractivity contribution in [2.24, 2.45) is 17.3 Å². The molecule has 2 heterocycles. The Kier molecular flexibility index (Phi) is 7.37. The molecular formula is C24H31F5O8. The molecule has 0 N–H and O–H groups in total. The fraction of sp³-hybridized carbons (Fsp3) is 0.833. The highest BCUT2D eigenvalue weighted by molar-refractivity contribution is 5.79. The summed E-state index contributed by atoms with van der Waals surface area (Å²) in [4.78, 5) is 45.8. The standard InChI is InChI=1S/C12H15F3O4.C12H16F2O4/c1-11(2,12(13,14)15)10(17)19-7-4-3-6-5-8(7)18-9(6)16;1-10(18-9(16)12(3,13)14)5-4-7-6-11(10,2)17-8(7)15/h6-8H,3-5H2,1-2H3;7H,4-6H2,1-3H3. The van der Waals surface area contributed by atoms with Crippen molar-refractivity contribution in [1.82, 2.24) is 0 Å². The third-order valence-corrected chi connectivity index (χ3v) is 7.87. The summed E-state index contributed by atoms with van der Waals surface area (Å²) in [6, 6.07) is 0. The van der Waals surface area contributed by atoms with Crippen molar-refractivity contribution in [3.8, 4) is 0 Å². The molecule has 0 aromatic heterocycles. The predicted octanol–water partition coefficient (Wildman–Crippen LogP) is 4.27. The smallest absolute Gasteiger partial charge is 0.404 e. The Morgan fingerprint density at radius 1 is 0.919 bits per heavy atom. The number of carbonyl (C=O) groups is 4. The van der Waals surface area contributed by atoms with Crippen molar-refractivity contribution in [3.05, 3.63) is 0 Å². The SMILES string of the molecule is CC(C)(C(=O)OC1CCC2CC1OC2=O)C(F)(F)F.CC(F)(F)C(=O)OC1(C)CCC2CC1(C)OC2=O. The maximum absolute atomic E-state index is 12.9. The Hall–Kier alpha value is -2.47. The maximum Gasteiger partial charge on any atom is 0.404 e. The second kappa shape index (κ2) is 9.37. The Bertz CT molecular complexity index is 958. The van der Waals surface area contributed by atoms with Crippen LogP contribution < -0.4 is 0 Å². The highest BCUT2D eigenvalue weighted by Gasteiger charge is 2.62. The Morgan fingerprint density at radius 2 is 1.54 bits per heavy atom. The van der Waals surface area contributed by atoms with Crippen LogP contribution in [0.2, 0.25) is 0 Å². The van der Waals surface area contributed by atoms with Gasteiger partial charge in [-0.1, -0.05) is 0 Å². The van der Waals surface area contributed by atoms with E-state index >= 15 is 0 Å². The van der Waals surface area contributed by atoms with E-state index < -0.39 is 52.9 Å². The molecule has 37 heavy (non-hydrogen) atoms. The van der Waals surface area contributed by atoms with Gasteiger partial charge in [0.25, 0.3) is 0 Å². The Balaban J connectivity index is 0.000000206. The largest absolute Gasteiger partial charge is 0.458 e. The molecule has 2 saturated heterocycles. The van der Waals surface area contributed by atoms with Crippen molar-refractivity contribution in [2.75, 3.05) is 0 Å². The van der Waals surface area contributed by atoms with E-state index in [0.29, 0.717) is 45.4 Å². The number of halogens is 5. The summed E-state index contributed by atoms with van der Waals surface area (Å²) in [6.07, 6.45) is -3.52.